The first-order valence-electron chi connectivity index (χ1n) is 5.70. The molecule has 0 aliphatic carbocycles. The molecule has 2 rings (SSSR count). The molecule has 2 aromatic rings. The van der Waals surface area contributed by atoms with Gasteiger partial charge in [-0.1, -0.05) is 11.6 Å². The van der Waals surface area contributed by atoms with Crippen molar-refractivity contribution < 1.29 is 9.15 Å². The third-order valence-corrected chi connectivity index (χ3v) is 3.77. The van der Waals surface area contributed by atoms with Crippen LogP contribution in [0.15, 0.2) is 33.2 Å². The standard InChI is InChI=1S/C13H12BrClINO2/c1-2-18-13-10(14)5-8(15)6-11(13)17-7-9-3-4-12(16)19-9/h3-6,17H,2,7H2,1H3. The molecule has 0 atom stereocenters. The molecule has 0 saturated heterocycles. The van der Waals surface area contributed by atoms with Gasteiger partial charge in [-0.3, -0.25) is 0 Å². The molecule has 6 heteroatoms. The van der Waals surface area contributed by atoms with Crippen LogP contribution < -0.4 is 10.1 Å². The molecule has 1 aromatic heterocycles. The first-order valence-corrected chi connectivity index (χ1v) is 7.95. The number of nitrogens with one attached hydrogen (secondary N) is 1. The predicted molar refractivity (Wildman–Crippen MR) is 89.1 cm³/mol. The van der Waals surface area contributed by atoms with Gasteiger partial charge in [0.2, 0.25) is 0 Å². The number of benzene rings is 1. The van der Waals surface area contributed by atoms with Gasteiger partial charge in [-0.15, -0.1) is 0 Å². The Morgan fingerprint density at radius 1 is 1.42 bits per heavy atom. The number of furan rings is 1. The Morgan fingerprint density at radius 2 is 2.21 bits per heavy atom. The maximum Gasteiger partial charge on any atom is 0.164 e. The zero-order valence-electron chi connectivity index (χ0n) is 10.2. The van der Waals surface area contributed by atoms with E-state index in [4.69, 9.17) is 20.8 Å². The van der Waals surface area contributed by atoms with Crippen molar-refractivity contribution >= 4 is 55.8 Å². The number of hydrogen-bond acceptors (Lipinski definition) is 3. The van der Waals surface area contributed by atoms with Crippen LogP contribution in [0.4, 0.5) is 5.69 Å². The molecule has 0 radical (unpaired) electrons. The molecule has 0 aliphatic rings. The minimum Gasteiger partial charge on any atom is -0.491 e. The lowest BCUT2D eigenvalue weighted by Gasteiger charge is -2.14. The van der Waals surface area contributed by atoms with E-state index in [1.165, 1.54) is 0 Å². The molecule has 19 heavy (non-hydrogen) atoms. The van der Waals surface area contributed by atoms with Gasteiger partial charge >= 0.3 is 0 Å². The van der Waals surface area contributed by atoms with E-state index in [9.17, 15) is 0 Å². The monoisotopic (exact) mass is 455 g/mol. The maximum atomic E-state index is 6.06. The fourth-order valence-electron chi connectivity index (χ4n) is 1.61. The van der Waals surface area contributed by atoms with E-state index in [1.54, 1.807) is 0 Å². The first-order chi connectivity index (χ1) is 9.10. The van der Waals surface area contributed by atoms with E-state index in [-0.39, 0.29) is 0 Å². The van der Waals surface area contributed by atoms with Gasteiger partial charge in [0.15, 0.2) is 9.52 Å². The number of halogens is 3. The second-order valence-electron chi connectivity index (χ2n) is 3.76. The minimum absolute atomic E-state index is 0.579. The molecule has 102 valence electrons. The predicted octanol–water partition coefficient (Wildman–Crippen LogP) is 5.31. The summed E-state index contributed by atoms with van der Waals surface area (Å²) in [6, 6.07) is 7.52. The van der Waals surface area contributed by atoms with Crippen LogP contribution in [0.5, 0.6) is 5.75 Å². The Hall–Kier alpha value is -0.400. The minimum atomic E-state index is 0.579. The number of anilines is 1. The summed E-state index contributed by atoms with van der Waals surface area (Å²) in [5.74, 6) is 1.62. The van der Waals surface area contributed by atoms with E-state index >= 15 is 0 Å². The molecule has 0 saturated carbocycles. The summed E-state index contributed by atoms with van der Waals surface area (Å²) < 4.78 is 12.8. The molecule has 0 aliphatic heterocycles. The summed E-state index contributed by atoms with van der Waals surface area (Å²) in [7, 11) is 0. The highest BCUT2D eigenvalue weighted by Gasteiger charge is 2.10. The van der Waals surface area contributed by atoms with Crippen molar-refractivity contribution in [1.82, 2.24) is 0 Å². The topological polar surface area (TPSA) is 34.4 Å². The average molecular weight is 457 g/mol. The van der Waals surface area contributed by atoms with Crippen LogP contribution in [0, 0.1) is 3.77 Å². The van der Waals surface area contributed by atoms with Crippen LogP contribution in [-0.4, -0.2) is 6.61 Å². The fraction of sp³-hybridized carbons (Fsp3) is 0.231. The van der Waals surface area contributed by atoms with Gasteiger partial charge in [0.05, 0.1) is 23.3 Å². The fourth-order valence-corrected chi connectivity index (χ4v) is 3.00. The SMILES string of the molecule is CCOc1c(Br)cc(Cl)cc1NCc1ccc(I)o1. The third-order valence-electron chi connectivity index (χ3n) is 2.38. The lowest BCUT2D eigenvalue weighted by Crippen LogP contribution is -2.03. The molecule has 1 N–H and O–H groups in total. The highest BCUT2D eigenvalue weighted by atomic mass is 127. The molecule has 0 bridgehead atoms. The number of hydrogen-bond donors (Lipinski definition) is 1. The van der Waals surface area contributed by atoms with Crippen LogP contribution in [0.2, 0.25) is 5.02 Å². The van der Waals surface area contributed by atoms with Crippen LogP contribution in [0.1, 0.15) is 12.7 Å². The van der Waals surface area contributed by atoms with Gasteiger partial charge < -0.3 is 14.5 Å². The molecule has 0 unspecified atom stereocenters. The van der Waals surface area contributed by atoms with E-state index in [0.717, 1.165) is 25.4 Å². The third kappa shape index (κ3) is 4.03. The molecular weight excluding hydrogens is 444 g/mol. The van der Waals surface area contributed by atoms with Gasteiger partial charge in [-0.05, 0) is 69.7 Å². The lowest BCUT2D eigenvalue weighted by molar-refractivity contribution is 0.339. The van der Waals surface area contributed by atoms with Crippen molar-refractivity contribution in [3.63, 3.8) is 0 Å². The molecular formula is C13H12BrClINO2. The van der Waals surface area contributed by atoms with Crippen molar-refractivity contribution in [1.29, 1.82) is 0 Å². The van der Waals surface area contributed by atoms with Crippen molar-refractivity contribution in [3.8, 4) is 5.75 Å². The Bertz CT molecular complexity index is 574. The van der Waals surface area contributed by atoms with Crippen LogP contribution in [0.3, 0.4) is 0 Å². The zero-order chi connectivity index (χ0) is 13.8. The highest BCUT2D eigenvalue weighted by molar-refractivity contribution is 14.1. The molecule has 0 fully saturated rings. The summed E-state index contributed by atoms with van der Waals surface area (Å²) in [5, 5.41) is 3.92. The van der Waals surface area contributed by atoms with Gasteiger partial charge in [0, 0.05) is 5.02 Å². The summed E-state index contributed by atoms with van der Waals surface area (Å²) in [5.41, 5.74) is 0.840. The largest absolute Gasteiger partial charge is 0.491 e. The highest BCUT2D eigenvalue weighted by Crippen LogP contribution is 2.36. The number of ether oxygens (including phenoxy) is 1. The van der Waals surface area contributed by atoms with Gasteiger partial charge in [-0.2, -0.15) is 0 Å². The first kappa shape index (κ1) is 15.0. The molecule has 3 nitrogen and oxygen atoms in total. The molecule has 0 amide bonds. The van der Waals surface area contributed by atoms with Gasteiger partial charge in [0.25, 0.3) is 0 Å². The second kappa shape index (κ2) is 6.85. The summed E-state index contributed by atoms with van der Waals surface area (Å²) in [6.45, 7) is 3.11. The Morgan fingerprint density at radius 3 is 2.84 bits per heavy atom. The van der Waals surface area contributed by atoms with E-state index < -0.39 is 0 Å². The average Bonchev–Trinajstić information content (AvgIpc) is 2.76. The molecule has 0 spiro atoms. The van der Waals surface area contributed by atoms with Crippen molar-refractivity contribution in [2.24, 2.45) is 0 Å². The zero-order valence-corrected chi connectivity index (χ0v) is 14.7. The molecule has 1 heterocycles. The van der Waals surface area contributed by atoms with E-state index in [0.29, 0.717) is 18.2 Å². The second-order valence-corrected chi connectivity index (χ2v) is 6.11. The Labute approximate surface area is 138 Å². The Kier molecular flexibility index (Phi) is 5.41. The summed E-state index contributed by atoms with van der Waals surface area (Å²) >= 11 is 11.7. The van der Waals surface area contributed by atoms with Crippen molar-refractivity contribution in [2.45, 2.75) is 13.5 Å². The maximum absolute atomic E-state index is 6.06. The van der Waals surface area contributed by atoms with Crippen molar-refractivity contribution in [2.75, 3.05) is 11.9 Å². The summed E-state index contributed by atoms with van der Waals surface area (Å²) in [6.07, 6.45) is 0. The smallest absolute Gasteiger partial charge is 0.164 e. The van der Waals surface area contributed by atoms with E-state index in [1.807, 2.05) is 31.2 Å². The number of rotatable bonds is 5. The van der Waals surface area contributed by atoms with Gasteiger partial charge in [-0.25, -0.2) is 0 Å². The summed E-state index contributed by atoms with van der Waals surface area (Å²) in [4.78, 5) is 0. The van der Waals surface area contributed by atoms with Crippen LogP contribution >= 0.6 is 50.1 Å². The van der Waals surface area contributed by atoms with Gasteiger partial charge in [0.1, 0.15) is 5.76 Å². The van der Waals surface area contributed by atoms with E-state index in [2.05, 4.69) is 43.8 Å². The quantitative estimate of drug-likeness (QED) is 0.620. The normalized spacial score (nSPS) is 10.5. The molecule has 1 aromatic carbocycles. The van der Waals surface area contributed by atoms with Crippen molar-refractivity contribution in [3.05, 3.63) is 43.3 Å². The lowest BCUT2D eigenvalue weighted by atomic mass is 10.3. The van der Waals surface area contributed by atoms with Crippen LogP contribution in [0.25, 0.3) is 0 Å². The van der Waals surface area contributed by atoms with Crippen LogP contribution in [-0.2, 0) is 6.54 Å². The Balaban J connectivity index is 2.18.